The van der Waals surface area contributed by atoms with Gasteiger partial charge in [-0.25, -0.2) is 0 Å². The Bertz CT molecular complexity index is 46.0. The van der Waals surface area contributed by atoms with Gasteiger partial charge >= 0.3 is 0 Å². The first-order chi connectivity index (χ1) is 3.66. The molecule has 0 fully saturated rings. The quantitative estimate of drug-likeness (QED) is 0.494. The zero-order chi connectivity index (χ0) is 6.57. The molecule has 0 spiro atoms. The van der Waals surface area contributed by atoms with Crippen molar-refractivity contribution in [3.05, 3.63) is 6.42 Å². The molecule has 1 atom stereocenters. The van der Waals surface area contributed by atoms with Crippen molar-refractivity contribution in [3.63, 3.8) is 0 Å². The van der Waals surface area contributed by atoms with Gasteiger partial charge < -0.3 is 6.42 Å². The molecule has 0 heteroatoms. The standard InChI is InChI=1S/C8H17/c1-5-8(4)6-7(2)3/h5,7-8H,6H2,1-4H3/q-1. The van der Waals surface area contributed by atoms with Gasteiger partial charge in [-0.1, -0.05) is 27.2 Å². The van der Waals surface area contributed by atoms with Crippen molar-refractivity contribution in [1.82, 2.24) is 0 Å². The Morgan fingerprint density at radius 2 is 1.75 bits per heavy atom. The van der Waals surface area contributed by atoms with Crippen LogP contribution in [0.5, 0.6) is 0 Å². The van der Waals surface area contributed by atoms with Crippen LogP contribution in [0.25, 0.3) is 0 Å². The number of hydrogen-bond acceptors (Lipinski definition) is 0. The predicted octanol–water partition coefficient (Wildman–Crippen LogP) is 2.89. The fourth-order valence-electron chi connectivity index (χ4n) is 0.880. The molecule has 0 N–H and O–H groups in total. The normalized spacial score (nSPS) is 14.6. The topological polar surface area (TPSA) is 0 Å². The summed E-state index contributed by atoms with van der Waals surface area (Å²) in [6.45, 7) is 8.92. The van der Waals surface area contributed by atoms with Crippen molar-refractivity contribution >= 4 is 0 Å². The van der Waals surface area contributed by atoms with E-state index in [1.54, 1.807) is 0 Å². The van der Waals surface area contributed by atoms with Crippen molar-refractivity contribution < 1.29 is 0 Å². The van der Waals surface area contributed by atoms with Gasteiger partial charge in [-0.15, -0.1) is 0 Å². The monoisotopic (exact) mass is 113 g/mol. The fourth-order valence-corrected chi connectivity index (χ4v) is 0.880. The van der Waals surface area contributed by atoms with Crippen LogP contribution in [0.4, 0.5) is 0 Å². The first-order valence-electron chi connectivity index (χ1n) is 3.46. The Hall–Kier alpha value is 0. The Morgan fingerprint density at radius 1 is 1.25 bits per heavy atom. The van der Waals surface area contributed by atoms with Gasteiger partial charge in [0, 0.05) is 0 Å². The van der Waals surface area contributed by atoms with Gasteiger partial charge in [-0.05, 0) is 5.92 Å². The van der Waals surface area contributed by atoms with Crippen LogP contribution >= 0.6 is 0 Å². The summed E-state index contributed by atoms with van der Waals surface area (Å²) in [7, 11) is 0. The maximum absolute atomic E-state index is 2.26. The van der Waals surface area contributed by atoms with E-state index in [0.717, 1.165) is 11.8 Å². The average Bonchev–Trinajstić information content (AvgIpc) is 1.65. The molecular weight excluding hydrogens is 96.1 g/mol. The molecule has 0 aliphatic rings. The van der Waals surface area contributed by atoms with E-state index in [1.807, 2.05) is 0 Å². The summed E-state index contributed by atoms with van der Waals surface area (Å²) in [5, 5.41) is 0. The third kappa shape index (κ3) is 4.17. The lowest BCUT2D eigenvalue weighted by atomic mass is 9.97. The minimum atomic E-state index is 0.801. The van der Waals surface area contributed by atoms with E-state index in [4.69, 9.17) is 0 Å². The van der Waals surface area contributed by atoms with Crippen LogP contribution in [0.15, 0.2) is 0 Å². The summed E-state index contributed by atoms with van der Waals surface area (Å²) in [5.41, 5.74) is 0. The lowest BCUT2D eigenvalue weighted by molar-refractivity contribution is 0.482. The molecular formula is C8H17-. The summed E-state index contributed by atoms with van der Waals surface area (Å²) in [5.74, 6) is 1.65. The lowest BCUT2D eigenvalue weighted by Crippen LogP contribution is -1.97. The van der Waals surface area contributed by atoms with E-state index in [-0.39, 0.29) is 0 Å². The van der Waals surface area contributed by atoms with Gasteiger partial charge in [-0.3, -0.25) is 0 Å². The molecule has 0 bridgehead atoms. The highest BCUT2D eigenvalue weighted by Crippen LogP contribution is 2.12. The summed E-state index contributed by atoms with van der Waals surface area (Å²) in [4.78, 5) is 0. The van der Waals surface area contributed by atoms with Gasteiger partial charge in [0.25, 0.3) is 0 Å². The first kappa shape index (κ1) is 8.00. The van der Waals surface area contributed by atoms with Crippen LogP contribution in [0.1, 0.15) is 34.1 Å². The van der Waals surface area contributed by atoms with Gasteiger partial charge in [-0.2, -0.15) is 12.8 Å². The van der Waals surface area contributed by atoms with Crippen molar-refractivity contribution in [2.24, 2.45) is 11.8 Å². The molecule has 1 unspecified atom stereocenters. The highest BCUT2D eigenvalue weighted by atomic mass is 14.1. The molecule has 0 aliphatic carbocycles. The molecule has 0 saturated carbocycles. The second kappa shape index (κ2) is 3.94. The summed E-state index contributed by atoms with van der Waals surface area (Å²) in [6.07, 6.45) is 3.59. The summed E-state index contributed by atoms with van der Waals surface area (Å²) >= 11 is 0. The van der Waals surface area contributed by atoms with E-state index in [9.17, 15) is 0 Å². The Kier molecular flexibility index (Phi) is 3.94. The molecule has 0 aromatic carbocycles. The van der Waals surface area contributed by atoms with Crippen LogP contribution in [-0.4, -0.2) is 0 Å². The Balaban J connectivity index is 3.10. The van der Waals surface area contributed by atoms with Crippen molar-refractivity contribution in [2.45, 2.75) is 34.1 Å². The molecule has 0 amide bonds. The molecule has 0 saturated heterocycles. The molecule has 0 aromatic rings. The Morgan fingerprint density at radius 3 is 1.88 bits per heavy atom. The lowest BCUT2D eigenvalue weighted by Gasteiger charge is -2.18. The van der Waals surface area contributed by atoms with E-state index in [0.29, 0.717) is 0 Å². The SMILES string of the molecule is C[CH-]C(C)CC(C)C. The minimum absolute atomic E-state index is 0.801. The summed E-state index contributed by atoms with van der Waals surface area (Å²) in [6, 6.07) is 0. The average molecular weight is 113 g/mol. The van der Waals surface area contributed by atoms with Crippen LogP contribution in [0.2, 0.25) is 0 Å². The molecule has 0 radical (unpaired) electrons. The second-order valence-corrected chi connectivity index (χ2v) is 2.94. The Labute approximate surface area is 53.3 Å². The first-order valence-corrected chi connectivity index (χ1v) is 3.46. The molecule has 8 heavy (non-hydrogen) atoms. The number of rotatable bonds is 3. The smallest absolute Gasteiger partial charge is 0.0493 e. The van der Waals surface area contributed by atoms with Crippen molar-refractivity contribution in [3.8, 4) is 0 Å². The van der Waals surface area contributed by atoms with Crippen LogP contribution in [0, 0.1) is 18.3 Å². The third-order valence-electron chi connectivity index (χ3n) is 1.41. The van der Waals surface area contributed by atoms with E-state index < -0.39 is 0 Å². The third-order valence-corrected chi connectivity index (χ3v) is 1.41. The largest absolute Gasteiger partial charge is 0.329 e. The highest BCUT2D eigenvalue weighted by molar-refractivity contribution is 4.67. The number of hydrogen-bond donors (Lipinski definition) is 0. The van der Waals surface area contributed by atoms with E-state index in [2.05, 4.69) is 34.1 Å². The van der Waals surface area contributed by atoms with Gasteiger partial charge in [0.05, 0.1) is 0 Å². The van der Waals surface area contributed by atoms with Crippen molar-refractivity contribution in [1.29, 1.82) is 0 Å². The molecule has 0 aliphatic heterocycles. The highest BCUT2D eigenvalue weighted by Gasteiger charge is 1.93. The molecule has 0 rings (SSSR count). The second-order valence-electron chi connectivity index (χ2n) is 2.94. The van der Waals surface area contributed by atoms with E-state index in [1.165, 1.54) is 6.42 Å². The summed E-state index contributed by atoms with van der Waals surface area (Å²) < 4.78 is 0. The maximum atomic E-state index is 2.26. The minimum Gasteiger partial charge on any atom is -0.329 e. The van der Waals surface area contributed by atoms with Gasteiger partial charge in [0.15, 0.2) is 0 Å². The molecule has 0 aromatic heterocycles. The van der Waals surface area contributed by atoms with E-state index >= 15 is 0 Å². The zero-order valence-corrected chi connectivity index (χ0v) is 6.44. The zero-order valence-electron chi connectivity index (χ0n) is 6.44. The predicted molar refractivity (Wildman–Crippen MR) is 38.6 cm³/mol. The molecule has 0 nitrogen and oxygen atoms in total. The fraction of sp³-hybridized carbons (Fsp3) is 0.875. The molecule has 50 valence electrons. The van der Waals surface area contributed by atoms with Crippen LogP contribution < -0.4 is 0 Å². The van der Waals surface area contributed by atoms with Crippen LogP contribution in [0.3, 0.4) is 0 Å². The molecule has 0 heterocycles. The van der Waals surface area contributed by atoms with Crippen LogP contribution in [-0.2, 0) is 0 Å². The van der Waals surface area contributed by atoms with Gasteiger partial charge in [0.1, 0.15) is 0 Å². The maximum Gasteiger partial charge on any atom is -0.0493 e. The van der Waals surface area contributed by atoms with Crippen molar-refractivity contribution in [2.75, 3.05) is 0 Å². The van der Waals surface area contributed by atoms with Gasteiger partial charge in [0.2, 0.25) is 0 Å².